The van der Waals surface area contributed by atoms with Gasteiger partial charge in [-0.15, -0.1) is 0 Å². The molecule has 0 unspecified atom stereocenters. The van der Waals surface area contributed by atoms with Crippen LogP contribution in [0.25, 0.3) is 10.9 Å². The third-order valence-electron chi connectivity index (χ3n) is 7.48. The zero-order chi connectivity index (χ0) is 24.5. The summed E-state index contributed by atoms with van der Waals surface area (Å²) in [5.41, 5.74) is 8.09. The van der Waals surface area contributed by atoms with Gasteiger partial charge in [-0.1, -0.05) is 54.6 Å². The predicted molar refractivity (Wildman–Crippen MR) is 143 cm³/mol. The number of rotatable bonds is 6. The van der Waals surface area contributed by atoms with Crippen molar-refractivity contribution >= 4 is 22.6 Å². The molecule has 5 heteroatoms. The lowest BCUT2D eigenvalue weighted by Crippen LogP contribution is -2.34. The smallest absolute Gasteiger partial charge is 0.272 e. The number of carbonyl (C=O) groups is 1. The van der Waals surface area contributed by atoms with Crippen molar-refractivity contribution in [2.75, 3.05) is 24.5 Å². The molecule has 1 aliphatic rings. The first-order valence-corrected chi connectivity index (χ1v) is 12.7. The van der Waals surface area contributed by atoms with Crippen LogP contribution in [0, 0.1) is 13.8 Å². The number of hydrogen-bond acceptors (Lipinski definition) is 3. The van der Waals surface area contributed by atoms with Crippen LogP contribution >= 0.6 is 0 Å². The number of hydrogen-bond donors (Lipinski definition) is 0. The topological polar surface area (TPSA) is 41.4 Å². The second-order valence-corrected chi connectivity index (χ2v) is 9.43. The highest BCUT2D eigenvalue weighted by molar-refractivity contribution is 6.01. The molecule has 1 amide bonds. The summed E-state index contributed by atoms with van der Waals surface area (Å²) in [5, 5.41) is 1.12. The summed E-state index contributed by atoms with van der Waals surface area (Å²) in [4.78, 5) is 22.7. The zero-order valence-corrected chi connectivity index (χ0v) is 21.2. The Labute approximate surface area is 208 Å². The molecule has 2 aromatic heterocycles. The van der Waals surface area contributed by atoms with E-state index in [1.807, 2.05) is 24.8 Å². The fraction of sp³-hybridized carbons (Fsp3) is 0.333. The lowest BCUT2D eigenvalue weighted by Gasteiger charge is -2.31. The molecule has 2 aromatic carbocycles. The van der Waals surface area contributed by atoms with Gasteiger partial charge in [0.1, 0.15) is 5.69 Å². The van der Waals surface area contributed by atoms with E-state index in [9.17, 15) is 4.79 Å². The van der Waals surface area contributed by atoms with Crippen LogP contribution in [0.15, 0.2) is 60.7 Å². The Hall–Kier alpha value is -3.60. The van der Waals surface area contributed by atoms with Gasteiger partial charge >= 0.3 is 0 Å². The average Bonchev–Trinajstić information content (AvgIpc) is 3.14. The Morgan fingerprint density at radius 1 is 0.971 bits per heavy atom. The molecule has 0 bridgehead atoms. The molecule has 0 spiro atoms. The molecule has 3 heterocycles. The van der Waals surface area contributed by atoms with Crippen molar-refractivity contribution in [2.24, 2.45) is 0 Å². The summed E-state index contributed by atoms with van der Waals surface area (Å²) in [5.74, 6) is 0.920. The molecule has 5 nitrogen and oxygen atoms in total. The number of aryl methyl sites for hydroxylation is 1. The van der Waals surface area contributed by atoms with Gasteiger partial charge in [-0.2, -0.15) is 0 Å². The van der Waals surface area contributed by atoms with E-state index >= 15 is 0 Å². The first kappa shape index (κ1) is 23.2. The highest BCUT2D eigenvalue weighted by atomic mass is 16.2. The van der Waals surface area contributed by atoms with Crippen molar-refractivity contribution in [2.45, 2.75) is 47.2 Å². The van der Waals surface area contributed by atoms with Crippen molar-refractivity contribution in [3.05, 3.63) is 94.3 Å². The van der Waals surface area contributed by atoms with E-state index in [0.29, 0.717) is 18.8 Å². The summed E-state index contributed by atoms with van der Waals surface area (Å²) in [6.45, 7) is 12.2. The van der Waals surface area contributed by atoms with E-state index < -0.39 is 0 Å². The second kappa shape index (κ2) is 9.57. The number of nitrogens with zero attached hydrogens (tertiary/aromatic N) is 4. The lowest BCUT2D eigenvalue weighted by atomic mass is 10.00. The number of carbonyl (C=O) groups excluding carboxylic acids is 1. The molecule has 0 radical (unpaired) electrons. The molecule has 5 rings (SSSR count). The van der Waals surface area contributed by atoms with Crippen LogP contribution in [0.1, 0.15) is 52.3 Å². The third kappa shape index (κ3) is 4.20. The maximum absolute atomic E-state index is 13.4. The average molecular weight is 467 g/mol. The Balaban J connectivity index is 1.70. The normalized spacial score (nSPS) is 13.2. The highest BCUT2D eigenvalue weighted by Gasteiger charge is 2.26. The monoisotopic (exact) mass is 466 g/mol. The van der Waals surface area contributed by atoms with Crippen LogP contribution in [0.3, 0.4) is 0 Å². The lowest BCUT2D eigenvalue weighted by molar-refractivity contribution is 0.0767. The second-order valence-electron chi connectivity index (χ2n) is 9.43. The van der Waals surface area contributed by atoms with E-state index in [4.69, 9.17) is 4.98 Å². The van der Waals surface area contributed by atoms with Crippen molar-refractivity contribution in [1.29, 1.82) is 0 Å². The van der Waals surface area contributed by atoms with Crippen LogP contribution in [0.2, 0.25) is 0 Å². The molecular weight excluding hydrogens is 432 g/mol. The predicted octanol–water partition coefficient (Wildman–Crippen LogP) is 5.75. The molecule has 4 aromatic rings. The van der Waals surface area contributed by atoms with Crippen molar-refractivity contribution in [1.82, 2.24) is 14.5 Å². The third-order valence-corrected chi connectivity index (χ3v) is 7.48. The Bertz CT molecular complexity index is 1370. The maximum Gasteiger partial charge on any atom is 0.272 e. The minimum atomic E-state index is 0.00317. The van der Waals surface area contributed by atoms with Crippen LogP contribution in [-0.4, -0.2) is 40.0 Å². The standard InChI is InChI=1S/C30H34N4O/c1-5-32(6-2)30(35)27-18-26-21(3)22(4)34(19-23-12-8-7-9-13-23)28(26)29(31-27)33-17-16-24-14-10-11-15-25(24)20-33/h7-15,18H,5-6,16-17,19-20H2,1-4H3. The first-order valence-electron chi connectivity index (χ1n) is 12.7. The summed E-state index contributed by atoms with van der Waals surface area (Å²) >= 11 is 0. The Kier molecular flexibility index (Phi) is 6.33. The number of pyridine rings is 1. The SMILES string of the molecule is CCN(CC)C(=O)c1cc2c(C)c(C)n(Cc3ccccc3)c2c(N2CCc3ccccc3C2)n1. The number of anilines is 1. The van der Waals surface area contributed by atoms with E-state index in [2.05, 4.69) is 77.9 Å². The highest BCUT2D eigenvalue weighted by Crippen LogP contribution is 2.35. The molecule has 0 saturated carbocycles. The molecule has 0 aliphatic carbocycles. The van der Waals surface area contributed by atoms with Crippen LogP contribution in [-0.2, 0) is 19.5 Å². The van der Waals surface area contributed by atoms with Gasteiger partial charge in [0.15, 0.2) is 5.82 Å². The molecular formula is C30H34N4O. The van der Waals surface area contributed by atoms with E-state index in [0.717, 1.165) is 42.8 Å². The van der Waals surface area contributed by atoms with Crippen LogP contribution in [0.4, 0.5) is 5.82 Å². The fourth-order valence-corrected chi connectivity index (χ4v) is 5.28. The maximum atomic E-state index is 13.4. The molecule has 35 heavy (non-hydrogen) atoms. The number of aromatic nitrogens is 2. The number of amides is 1. The zero-order valence-electron chi connectivity index (χ0n) is 21.2. The summed E-state index contributed by atoms with van der Waals surface area (Å²) in [6.07, 6.45) is 0.977. The summed E-state index contributed by atoms with van der Waals surface area (Å²) < 4.78 is 2.38. The van der Waals surface area contributed by atoms with Crippen molar-refractivity contribution < 1.29 is 4.79 Å². The first-order chi connectivity index (χ1) is 17.0. The Morgan fingerprint density at radius 3 is 2.37 bits per heavy atom. The van der Waals surface area contributed by atoms with E-state index in [1.54, 1.807) is 0 Å². The van der Waals surface area contributed by atoms with Crippen LogP contribution < -0.4 is 4.90 Å². The minimum Gasteiger partial charge on any atom is -0.350 e. The summed E-state index contributed by atoms with van der Waals surface area (Å²) in [7, 11) is 0. The van der Waals surface area contributed by atoms with E-state index in [-0.39, 0.29) is 5.91 Å². The number of fused-ring (bicyclic) bond motifs is 2. The van der Waals surface area contributed by atoms with Crippen molar-refractivity contribution in [3.8, 4) is 0 Å². The van der Waals surface area contributed by atoms with Gasteiger partial charge in [0.25, 0.3) is 5.91 Å². The molecule has 0 fully saturated rings. The van der Waals surface area contributed by atoms with Gasteiger partial charge in [-0.3, -0.25) is 4.79 Å². The minimum absolute atomic E-state index is 0.00317. The largest absolute Gasteiger partial charge is 0.350 e. The molecule has 0 atom stereocenters. The van der Waals surface area contributed by atoms with Gasteiger partial charge in [0, 0.05) is 43.8 Å². The van der Waals surface area contributed by atoms with Gasteiger partial charge in [0.05, 0.1) is 5.52 Å². The molecule has 1 aliphatic heterocycles. The van der Waals surface area contributed by atoms with Gasteiger partial charge in [-0.05, 0) is 62.4 Å². The number of benzene rings is 2. The van der Waals surface area contributed by atoms with Gasteiger partial charge < -0.3 is 14.4 Å². The van der Waals surface area contributed by atoms with Gasteiger partial charge in [-0.25, -0.2) is 4.98 Å². The van der Waals surface area contributed by atoms with Crippen molar-refractivity contribution in [3.63, 3.8) is 0 Å². The molecule has 0 saturated heterocycles. The van der Waals surface area contributed by atoms with E-state index in [1.165, 1.54) is 27.9 Å². The van der Waals surface area contributed by atoms with Gasteiger partial charge in [0.2, 0.25) is 0 Å². The molecule has 0 N–H and O–H groups in total. The Morgan fingerprint density at radius 2 is 1.66 bits per heavy atom. The quantitative estimate of drug-likeness (QED) is 0.364. The fourth-order valence-electron chi connectivity index (χ4n) is 5.28. The van der Waals surface area contributed by atoms with Crippen LogP contribution in [0.5, 0.6) is 0 Å². The molecule has 180 valence electrons. The summed E-state index contributed by atoms with van der Waals surface area (Å²) in [6, 6.07) is 21.2.